The van der Waals surface area contributed by atoms with Crippen LogP contribution in [-0.2, 0) is 5.33 Å². The van der Waals surface area contributed by atoms with E-state index in [9.17, 15) is 4.79 Å². The zero-order valence-electron chi connectivity index (χ0n) is 6.67. The molecule has 0 unspecified atom stereocenters. The second kappa shape index (κ2) is 3.72. The molecule has 0 fully saturated rings. The number of aryl methyl sites for hydroxylation is 1. The second-order valence-corrected chi connectivity index (χ2v) is 3.14. The van der Waals surface area contributed by atoms with Crippen LogP contribution in [0.15, 0.2) is 18.2 Å². The molecule has 0 saturated heterocycles. The molecule has 3 heteroatoms. The van der Waals surface area contributed by atoms with E-state index in [0.717, 1.165) is 11.1 Å². The molecule has 0 atom stereocenters. The zero-order chi connectivity index (χ0) is 9.14. The van der Waals surface area contributed by atoms with Gasteiger partial charge >= 0.3 is 5.97 Å². The van der Waals surface area contributed by atoms with E-state index >= 15 is 0 Å². The maximum Gasteiger partial charge on any atom is 0.335 e. The Bertz CT molecular complexity index is 307. The summed E-state index contributed by atoms with van der Waals surface area (Å²) in [6, 6.07) is 5.12. The van der Waals surface area contributed by atoms with Gasteiger partial charge in [0.05, 0.1) is 5.56 Å². The summed E-state index contributed by atoms with van der Waals surface area (Å²) in [6.07, 6.45) is 0. The molecule has 0 radical (unpaired) electrons. The molecule has 1 aromatic carbocycles. The van der Waals surface area contributed by atoms with Gasteiger partial charge in [-0.05, 0) is 30.2 Å². The van der Waals surface area contributed by atoms with E-state index in [0.29, 0.717) is 10.9 Å². The fourth-order valence-corrected chi connectivity index (χ4v) is 1.55. The molecule has 0 aliphatic heterocycles. The van der Waals surface area contributed by atoms with E-state index in [1.165, 1.54) is 0 Å². The summed E-state index contributed by atoms with van der Waals surface area (Å²) in [5, 5.41) is 9.37. The lowest BCUT2D eigenvalue weighted by Gasteiger charge is -2.02. The highest BCUT2D eigenvalue weighted by atomic mass is 79.9. The van der Waals surface area contributed by atoms with Crippen LogP contribution in [0.25, 0.3) is 0 Å². The topological polar surface area (TPSA) is 37.3 Å². The zero-order valence-corrected chi connectivity index (χ0v) is 8.26. The minimum Gasteiger partial charge on any atom is -0.478 e. The van der Waals surface area contributed by atoms with E-state index < -0.39 is 5.97 Å². The van der Waals surface area contributed by atoms with Gasteiger partial charge in [-0.3, -0.25) is 0 Å². The largest absolute Gasteiger partial charge is 0.478 e. The van der Waals surface area contributed by atoms with Crippen molar-refractivity contribution in [3.8, 4) is 0 Å². The molecule has 0 saturated carbocycles. The minimum atomic E-state index is -0.878. The van der Waals surface area contributed by atoms with Crippen molar-refractivity contribution < 1.29 is 9.90 Å². The summed E-state index contributed by atoms with van der Waals surface area (Å²) in [7, 11) is 0. The van der Waals surface area contributed by atoms with Crippen LogP contribution >= 0.6 is 15.9 Å². The number of aromatic carboxylic acids is 1. The standard InChI is InChI=1S/C9H9BrO2/c1-6-2-3-7(9(11)12)4-8(6)5-10/h2-4H,5H2,1H3,(H,11,12). The first-order valence-corrected chi connectivity index (χ1v) is 4.66. The second-order valence-electron chi connectivity index (χ2n) is 2.58. The molecule has 0 bridgehead atoms. The summed E-state index contributed by atoms with van der Waals surface area (Å²) >= 11 is 3.30. The van der Waals surface area contributed by atoms with Crippen LogP contribution in [0.1, 0.15) is 21.5 Å². The summed E-state index contributed by atoms with van der Waals surface area (Å²) in [4.78, 5) is 10.6. The quantitative estimate of drug-likeness (QED) is 0.791. The molecule has 64 valence electrons. The van der Waals surface area contributed by atoms with Crippen LogP contribution in [0.2, 0.25) is 0 Å². The van der Waals surface area contributed by atoms with Crippen LogP contribution in [-0.4, -0.2) is 11.1 Å². The molecular formula is C9H9BrO2. The van der Waals surface area contributed by atoms with Crippen molar-refractivity contribution in [3.63, 3.8) is 0 Å². The Morgan fingerprint density at radius 2 is 2.25 bits per heavy atom. The van der Waals surface area contributed by atoms with Crippen molar-refractivity contribution in [1.82, 2.24) is 0 Å². The normalized spacial score (nSPS) is 9.83. The van der Waals surface area contributed by atoms with Gasteiger partial charge in [0.25, 0.3) is 0 Å². The molecule has 2 nitrogen and oxygen atoms in total. The molecule has 12 heavy (non-hydrogen) atoms. The van der Waals surface area contributed by atoms with Crippen LogP contribution < -0.4 is 0 Å². The van der Waals surface area contributed by atoms with E-state index in [1.807, 2.05) is 13.0 Å². The smallest absolute Gasteiger partial charge is 0.335 e. The Morgan fingerprint density at radius 1 is 1.58 bits per heavy atom. The summed E-state index contributed by atoms with van der Waals surface area (Å²) in [5.74, 6) is -0.878. The van der Waals surface area contributed by atoms with Crippen molar-refractivity contribution in [2.75, 3.05) is 0 Å². The molecule has 0 aromatic heterocycles. The highest BCUT2D eigenvalue weighted by molar-refractivity contribution is 9.08. The fourth-order valence-electron chi connectivity index (χ4n) is 0.948. The van der Waals surface area contributed by atoms with Crippen LogP contribution in [0, 0.1) is 6.92 Å². The third kappa shape index (κ3) is 1.85. The Kier molecular flexibility index (Phi) is 2.87. The van der Waals surface area contributed by atoms with Gasteiger partial charge in [0.2, 0.25) is 0 Å². The molecule has 1 rings (SSSR count). The molecular weight excluding hydrogens is 220 g/mol. The third-order valence-corrected chi connectivity index (χ3v) is 2.34. The van der Waals surface area contributed by atoms with Crippen molar-refractivity contribution in [1.29, 1.82) is 0 Å². The molecule has 1 N–H and O–H groups in total. The maximum atomic E-state index is 10.6. The van der Waals surface area contributed by atoms with Crippen LogP contribution in [0.3, 0.4) is 0 Å². The van der Waals surface area contributed by atoms with E-state index in [4.69, 9.17) is 5.11 Å². The molecule has 0 heterocycles. The predicted octanol–water partition coefficient (Wildman–Crippen LogP) is 2.59. The number of carboxylic acid groups (broad SMARTS) is 1. The van der Waals surface area contributed by atoms with Crippen molar-refractivity contribution in [3.05, 3.63) is 34.9 Å². The predicted molar refractivity (Wildman–Crippen MR) is 50.8 cm³/mol. The first-order valence-electron chi connectivity index (χ1n) is 3.54. The van der Waals surface area contributed by atoms with Gasteiger partial charge in [-0.15, -0.1) is 0 Å². The molecule has 0 aliphatic carbocycles. The number of rotatable bonds is 2. The molecule has 0 spiro atoms. The van der Waals surface area contributed by atoms with E-state index in [2.05, 4.69) is 15.9 Å². The van der Waals surface area contributed by atoms with E-state index in [1.54, 1.807) is 12.1 Å². The SMILES string of the molecule is Cc1ccc(C(=O)O)cc1CBr. The highest BCUT2D eigenvalue weighted by Gasteiger charge is 2.04. The Labute approximate surface area is 79.3 Å². The Hall–Kier alpha value is -0.830. The maximum absolute atomic E-state index is 10.6. The number of halogens is 1. The molecule has 1 aromatic rings. The lowest BCUT2D eigenvalue weighted by atomic mass is 10.1. The average molecular weight is 229 g/mol. The van der Waals surface area contributed by atoms with Gasteiger partial charge in [-0.25, -0.2) is 4.79 Å². The van der Waals surface area contributed by atoms with Crippen molar-refractivity contribution in [2.24, 2.45) is 0 Å². The summed E-state index contributed by atoms with van der Waals surface area (Å²) < 4.78 is 0. The summed E-state index contributed by atoms with van der Waals surface area (Å²) in [6.45, 7) is 1.96. The lowest BCUT2D eigenvalue weighted by Crippen LogP contribution is -1.97. The number of benzene rings is 1. The molecule has 0 aliphatic rings. The Balaban J connectivity index is 3.13. The summed E-state index contributed by atoms with van der Waals surface area (Å²) in [5.41, 5.74) is 2.47. The first kappa shape index (κ1) is 9.26. The first-order chi connectivity index (χ1) is 5.65. The lowest BCUT2D eigenvalue weighted by molar-refractivity contribution is 0.0697. The number of alkyl halides is 1. The number of hydrogen-bond acceptors (Lipinski definition) is 1. The highest BCUT2D eigenvalue weighted by Crippen LogP contribution is 2.14. The minimum absolute atomic E-state index is 0.343. The average Bonchev–Trinajstić information content (AvgIpc) is 2.05. The van der Waals surface area contributed by atoms with E-state index in [-0.39, 0.29) is 0 Å². The number of carboxylic acids is 1. The van der Waals surface area contributed by atoms with Gasteiger partial charge < -0.3 is 5.11 Å². The number of carbonyl (C=O) groups is 1. The fraction of sp³-hybridized carbons (Fsp3) is 0.222. The Morgan fingerprint density at radius 3 is 2.75 bits per heavy atom. The number of hydrogen-bond donors (Lipinski definition) is 1. The van der Waals surface area contributed by atoms with Gasteiger partial charge in [-0.1, -0.05) is 22.0 Å². The van der Waals surface area contributed by atoms with Crippen molar-refractivity contribution in [2.45, 2.75) is 12.3 Å². The van der Waals surface area contributed by atoms with Crippen LogP contribution in [0.4, 0.5) is 0 Å². The monoisotopic (exact) mass is 228 g/mol. The van der Waals surface area contributed by atoms with Gasteiger partial charge in [-0.2, -0.15) is 0 Å². The third-order valence-electron chi connectivity index (χ3n) is 1.74. The van der Waals surface area contributed by atoms with Crippen LogP contribution in [0.5, 0.6) is 0 Å². The van der Waals surface area contributed by atoms with Gasteiger partial charge in [0.15, 0.2) is 0 Å². The van der Waals surface area contributed by atoms with Gasteiger partial charge in [0, 0.05) is 5.33 Å². The van der Waals surface area contributed by atoms with Crippen molar-refractivity contribution >= 4 is 21.9 Å². The molecule has 0 amide bonds. The van der Waals surface area contributed by atoms with Gasteiger partial charge in [0.1, 0.15) is 0 Å².